The summed E-state index contributed by atoms with van der Waals surface area (Å²) in [6.45, 7) is 3.75. The fourth-order valence-corrected chi connectivity index (χ4v) is 3.63. The summed E-state index contributed by atoms with van der Waals surface area (Å²) in [5.41, 5.74) is 3.85. The van der Waals surface area contributed by atoms with Gasteiger partial charge in [0.25, 0.3) is 0 Å². The highest BCUT2D eigenvalue weighted by Gasteiger charge is 2.43. The molecule has 5 nitrogen and oxygen atoms in total. The standard InChI is InChI=1S/C18H17ClF3N5/c1-3-9-6-12(18(20,21)22)16(27-17(9)24-14(4-2)26-27)10-5-11-8-23-25-15(11)13(19)7-10/h5-8,14,26H,3-4H2,1-2H3,(H,23,25). The van der Waals surface area contributed by atoms with E-state index in [4.69, 9.17) is 11.6 Å². The van der Waals surface area contributed by atoms with Gasteiger partial charge in [0.1, 0.15) is 12.0 Å². The lowest BCUT2D eigenvalue weighted by Crippen LogP contribution is -2.42. The molecule has 2 aliphatic heterocycles. The number of nitrogens with one attached hydrogen (secondary N) is 2. The largest absolute Gasteiger partial charge is 0.418 e. The first-order valence-electron chi connectivity index (χ1n) is 8.63. The van der Waals surface area contributed by atoms with Gasteiger partial charge < -0.3 is 0 Å². The van der Waals surface area contributed by atoms with Crippen molar-refractivity contribution in [3.63, 3.8) is 0 Å². The predicted octanol–water partition coefficient (Wildman–Crippen LogP) is 4.79. The van der Waals surface area contributed by atoms with Crippen LogP contribution in [-0.4, -0.2) is 33.4 Å². The van der Waals surface area contributed by atoms with Crippen LogP contribution in [0.1, 0.15) is 32.3 Å². The highest BCUT2D eigenvalue weighted by atomic mass is 35.5. The molecule has 0 saturated heterocycles. The molecule has 1 aromatic heterocycles. The van der Waals surface area contributed by atoms with E-state index in [1.165, 1.54) is 23.3 Å². The summed E-state index contributed by atoms with van der Waals surface area (Å²) in [5, 5.41) is 9.08. The Balaban J connectivity index is 1.98. The van der Waals surface area contributed by atoms with Gasteiger partial charge in [-0.15, -0.1) is 0 Å². The average molecular weight is 396 g/mol. The molecule has 27 heavy (non-hydrogen) atoms. The molecule has 142 valence electrons. The van der Waals surface area contributed by atoms with Gasteiger partial charge in [-0.2, -0.15) is 18.3 Å². The summed E-state index contributed by atoms with van der Waals surface area (Å²) in [5.74, 6) is 0.524. The quantitative estimate of drug-likeness (QED) is 0.785. The molecule has 0 fully saturated rings. The van der Waals surface area contributed by atoms with Crippen LogP contribution in [0, 0.1) is 0 Å². The Morgan fingerprint density at radius 2 is 2.04 bits per heavy atom. The lowest BCUT2D eigenvalue weighted by Gasteiger charge is -2.32. The van der Waals surface area contributed by atoms with Crippen LogP contribution in [0.2, 0.25) is 5.02 Å². The van der Waals surface area contributed by atoms with E-state index < -0.39 is 11.7 Å². The minimum absolute atomic E-state index is 0.000556. The molecule has 9 heteroatoms. The van der Waals surface area contributed by atoms with Crippen LogP contribution in [0.4, 0.5) is 13.2 Å². The number of hydrazine groups is 1. The zero-order chi connectivity index (χ0) is 19.3. The maximum Gasteiger partial charge on any atom is 0.418 e. The van der Waals surface area contributed by atoms with E-state index in [-0.39, 0.29) is 11.9 Å². The number of halogens is 4. The number of allylic oxidation sites excluding steroid dienone is 2. The van der Waals surface area contributed by atoms with Gasteiger partial charge in [-0.1, -0.05) is 25.4 Å². The summed E-state index contributed by atoms with van der Waals surface area (Å²) in [4.78, 5) is 4.56. The van der Waals surface area contributed by atoms with Crippen molar-refractivity contribution in [3.05, 3.63) is 46.1 Å². The third-order valence-corrected chi connectivity index (χ3v) is 5.00. The fourth-order valence-electron chi connectivity index (χ4n) is 3.36. The van der Waals surface area contributed by atoms with E-state index in [0.29, 0.717) is 45.7 Å². The molecular formula is C18H17ClF3N5. The van der Waals surface area contributed by atoms with Gasteiger partial charge in [-0.25, -0.2) is 10.4 Å². The fraction of sp³-hybridized carbons (Fsp3) is 0.333. The third-order valence-electron chi connectivity index (χ3n) is 4.70. The number of alkyl halides is 3. The van der Waals surface area contributed by atoms with Crippen molar-refractivity contribution in [2.45, 2.75) is 39.0 Å². The molecule has 4 rings (SSSR count). The maximum absolute atomic E-state index is 13.9. The predicted molar refractivity (Wildman–Crippen MR) is 98.9 cm³/mol. The molecule has 2 N–H and O–H groups in total. The summed E-state index contributed by atoms with van der Waals surface area (Å²) < 4.78 is 41.8. The van der Waals surface area contributed by atoms with Crippen LogP contribution in [-0.2, 0) is 0 Å². The van der Waals surface area contributed by atoms with Crippen LogP contribution in [0.25, 0.3) is 16.6 Å². The minimum Gasteiger partial charge on any atom is -0.276 e. The Labute approximate surface area is 158 Å². The van der Waals surface area contributed by atoms with Crippen molar-refractivity contribution < 1.29 is 13.2 Å². The number of fused-ring (bicyclic) bond motifs is 2. The molecule has 0 radical (unpaired) electrons. The van der Waals surface area contributed by atoms with Crippen molar-refractivity contribution in [3.8, 4) is 0 Å². The van der Waals surface area contributed by atoms with Crippen LogP contribution in [0.15, 0.2) is 40.5 Å². The number of H-pyrrole nitrogens is 1. The molecule has 0 aliphatic carbocycles. The van der Waals surface area contributed by atoms with E-state index in [9.17, 15) is 13.2 Å². The van der Waals surface area contributed by atoms with Gasteiger partial charge in [0.2, 0.25) is 0 Å². The van der Waals surface area contributed by atoms with Crippen molar-refractivity contribution in [1.29, 1.82) is 0 Å². The molecular weight excluding hydrogens is 379 g/mol. The van der Waals surface area contributed by atoms with Gasteiger partial charge >= 0.3 is 6.18 Å². The number of hydrogen-bond acceptors (Lipinski definition) is 4. The Kier molecular flexibility index (Phi) is 4.27. The number of aromatic nitrogens is 2. The zero-order valence-electron chi connectivity index (χ0n) is 14.7. The first-order valence-corrected chi connectivity index (χ1v) is 9.00. The maximum atomic E-state index is 13.9. The second-order valence-corrected chi connectivity index (χ2v) is 6.82. The van der Waals surface area contributed by atoms with Gasteiger partial charge in [0, 0.05) is 10.9 Å². The van der Waals surface area contributed by atoms with Gasteiger partial charge in [0.05, 0.1) is 28.0 Å². The number of nitrogens with zero attached hydrogens (tertiary/aromatic N) is 3. The van der Waals surface area contributed by atoms with Crippen molar-refractivity contribution in [2.24, 2.45) is 4.99 Å². The summed E-state index contributed by atoms with van der Waals surface area (Å²) in [6, 6.07) is 3.17. The highest BCUT2D eigenvalue weighted by molar-refractivity contribution is 6.35. The molecule has 0 bridgehead atoms. The molecule has 1 aromatic carbocycles. The van der Waals surface area contributed by atoms with Crippen LogP contribution in [0.3, 0.4) is 0 Å². The normalized spacial score (nSPS) is 20.2. The highest BCUT2D eigenvalue weighted by Crippen LogP contribution is 2.42. The molecule has 0 amide bonds. The van der Waals surface area contributed by atoms with E-state index in [1.807, 2.05) is 13.8 Å². The van der Waals surface area contributed by atoms with Crippen molar-refractivity contribution in [2.75, 3.05) is 0 Å². The molecule has 2 aromatic rings. The minimum atomic E-state index is -4.52. The summed E-state index contributed by atoms with van der Waals surface area (Å²) in [7, 11) is 0. The number of benzene rings is 1. The molecule has 1 atom stereocenters. The number of aliphatic imine (C=N–C) groups is 1. The summed E-state index contributed by atoms with van der Waals surface area (Å²) >= 11 is 6.28. The topological polar surface area (TPSA) is 56.3 Å². The second kappa shape index (κ2) is 6.38. The Morgan fingerprint density at radius 1 is 1.26 bits per heavy atom. The monoisotopic (exact) mass is 395 g/mol. The van der Waals surface area contributed by atoms with Gasteiger partial charge in [-0.3, -0.25) is 10.1 Å². The Morgan fingerprint density at radius 3 is 2.70 bits per heavy atom. The van der Waals surface area contributed by atoms with Crippen molar-refractivity contribution in [1.82, 2.24) is 20.6 Å². The molecule has 0 saturated carbocycles. The number of amidine groups is 1. The molecule has 2 aliphatic rings. The van der Waals surface area contributed by atoms with Crippen LogP contribution in [0.5, 0.6) is 0 Å². The van der Waals surface area contributed by atoms with Crippen LogP contribution < -0.4 is 5.43 Å². The van der Waals surface area contributed by atoms with E-state index in [2.05, 4.69) is 20.6 Å². The van der Waals surface area contributed by atoms with Gasteiger partial charge in [-0.05, 0) is 36.6 Å². The first kappa shape index (κ1) is 18.1. The Hall–Kier alpha value is -2.32. The van der Waals surface area contributed by atoms with Crippen molar-refractivity contribution >= 4 is 34.0 Å². The van der Waals surface area contributed by atoms with Crippen LogP contribution >= 0.6 is 11.6 Å². The summed E-state index contributed by atoms with van der Waals surface area (Å²) in [6.07, 6.45) is -0.959. The lowest BCUT2D eigenvalue weighted by molar-refractivity contribution is -0.0884. The molecule has 3 heterocycles. The second-order valence-electron chi connectivity index (χ2n) is 6.42. The van der Waals surface area contributed by atoms with Gasteiger partial charge in [0.15, 0.2) is 0 Å². The molecule has 0 spiro atoms. The first-order chi connectivity index (χ1) is 12.8. The Bertz CT molecular complexity index is 1000. The SMILES string of the molecule is CCC1=CC(C(F)(F)F)=C(c2cc(Cl)c3[nH]ncc3c2)N2NC(CC)N=C12. The average Bonchev–Trinajstić information content (AvgIpc) is 3.26. The number of rotatable bonds is 3. The van der Waals surface area contributed by atoms with E-state index in [1.54, 1.807) is 6.07 Å². The lowest BCUT2D eigenvalue weighted by atomic mass is 9.96. The zero-order valence-corrected chi connectivity index (χ0v) is 15.4. The third kappa shape index (κ3) is 2.93. The van der Waals surface area contributed by atoms with E-state index >= 15 is 0 Å². The smallest absolute Gasteiger partial charge is 0.276 e. The number of aromatic amines is 1. The number of hydrogen-bond donors (Lipinski definition) is 2. The molecule has 1 unspecified atom stereocenters. The van der Waals surface area contributed by atoms with E-state index in [0.717, 1.165) is 0 Å².